The maximum atomic E-state index is 12.6. The molecule has 2 amide bonds. The normalized spacial score (nSPS) is 16.7. The van der Waals surface area contributed by atoms with Gasteiger partial charge in [-0.3, -0.25) is 14.3 Å². The monoisotopic (exact) mass is 415 g/mol. The molecule has 1 atom stereocenters. The van der Waals surface area contributed by atoms with Crippen LogP contribution in [0.25, 0.3) is 0 Å². The summed E-state index contributed by atoms with van der Waals surface area (Å²) in [5.74, 6) is -0.608. The van der Waals surface area contributed by atoms with Crippen molar-refractivity contribution in [3.8, 4) is 0 Å². The Morgan fingerprint density at radius 2 is 1.79 bits per heavy atom. The van der Waals surface area contributed by atoms with Gasteiger partial charge in [-0.15, -0.1) is 0 Å². The lowest BCUT2D eigenvalue weighted by Crippen LogP contribution is -2.33. The molecule has 0 aromatic heterocycles. The molecule has 0 saturated carbocycles. The summed E-state index contributed by atoms with van der Waals surface area (Å²) in [6.07, 6.45) is 2.03. The van der Waals surface area contributed by atoms with Crippen LogP contribution in [0.15, 0.2) is 54.6 Å². The van der Waals surface area contributed by atoms with Crippen molar-refractivity contribution in [3.63, 3.8) is 0 Å². The highest BCUT2D eigenvalue weighted by molar-refractivity contribution is 7.92. The topological polar surface area (TPSA) is 95.6 Å². The number of rotatable bonds is 8. The Balaban J connectivity index is 1.53. The minimum absolute atomic E-state index is 0.0137. The number of benzene rings is 2. The van der Waals surface area contributed by atoms with Gasteiger partial charge in [-0.25, -0.2) is 8.42 Å². The van der Waals surface area contributed by atoms with Crippen molar-refractivity contribution in [2.75, 3.05) is 24.1 Å². The lowest BCUT2D eigenvalue weighted by Gasteiger charge is -2.17. The maximum Gasteiger partial charge on any atom is 0.229 e. The van der Waals surface area contributed by atoms with Gasteiger partial charge < -0.3 is 10.2 Å². The van der Waals surface area contributed by atoms with E-state index in [0.717, 1.165) is 18.2 Å². The minimum atomic E-state index is -3.41. The van der Waals surface area contributed by atoms with Crippen LogP contribution in [-0.4, -0.2) is 44.5 Å². The number of carbonyl (C=O) groups is 2. The third kappa shape index (κ3) is 6.05. The Bertz CT molecular complexity index is 976. The summed E-state index contributed by atoms with van der Waals surface area (Å²) in [6.45, 7) is 1.18. The zero-order valence-corrected chi connectivity index (χ0v) is 17.1. The molecule has 1 heterocycles. The summed E-state index contributed by atoms with van der Waals surface area (Å²) >= 11 is 0. The second-order valence-corrected chi connectivity index (χ2v) is 8.97. The third-order valence-corrected chi connectivity index (χ3v) is 5.46. The Morgan fingerprint density at radius 3 is 2.52 bits per heavy atom. The second kappa shape index (κ2) is 9.09. The number of sulfonamides is 1. The lowest BCUT2D eigenvalue weighted by molar-refractivity contribution is -0.129. The van der Waals surface area contributed by atoms with Crippen molar-refractivity contribution in [1.29, 1.82) is 0 Å². The third-order valence-electron chi connectivity index (χ3n) is 4.86. The fraction of sp³-hybridized carbons (Fsp3) is 0.333. The van der Waals surface area contributed by atoms with Gasteiger partial charge in [0.1, 0.15) is 0 Å². The van der Waals surface area contributed by atoms with Crippen molar-refractivity contribution < 1.29 is 18.0 Å². The molecule has 2 aromatic carbocycles. The van der Waals surface area contributed by atoms with E-state index in [-0.39, 0.29) is 24.8 Å². The standard InChI is InChI=1S/C21H25N3O4S/c1-29(27,28)23-19-10-6-5-9-17(19)14-22-21(26)18-13-20(25)24(15-18)12-11-16-7-3-2-4-8-16/h2-10,18,23H,11-15H2,1H3,(H,22,26). The SMILES string of the molecule is CS(=O)(=O)Nc1ccccc1CNC(=O)C1CC(=O)N(CCc2ccccc2)C1. The van der Waals surface area contributed by atoms with E-state index in [2.05, 4.69) is 10.0 Å². The lowest BCUT2D eigenvalue weighted by atomic mass is 10.1. The molecule has 7 nitrogen and oxygen atoms in total. The van der Waals surface area contributed by atoms with Gasteiger partial charge in [0, 0.05) is 26.1 Å². The fourth-order valence-electron chi connectivity index (χ4n) is 3.37. The molecule has 3 rings (SSSR count). The molecule has 0 aliphatic carbocycles. The van der Waals surface area contributed by atoms with Crippen LogP contribution in [0.5, 0.6) is 0 Å². The summed E-state index contributed by atoms with van der Waals surface area (Å²) in [6, 6.07) is 16.8. The van der Waals surface area contributed by atoms with E-state index in [1.807, 2.05) is 30.3 Å². The van der Waals surface area contributed by atoms with E-state index in [0.29, 0.717) is 24.3 Å². The molecular weight excluding hydrogens is 390 g/mol. The highest BCUT2D eigenvalue weighted by Gasteiger charge is 2.33. The summed E-state index contributed by atoms with van der Waals surface area (Å²) < 4.78 is 25.4. The number of nitrogens with zero attached hydrogens (tertiary/aromatic N) is 1. The quantitative estimate of drug-likeness (QED) is 0.687. The first-order valence-corrected chi connectivity index (χ1v) is 11.4. The van der Waals surface area contributed by atoms with Crippen molar-refractivity contribution in [2.45, 2.75) is 19.4 Å². The number of hydrogen-bond donors (Lipinski definition) is 2. The van der Waals surface area contributed by atoms with Crippen LogP contribution >= 0.6 is 0 Å². The van der Waals surface area contributed by atoms with Gasteiger partial charge in [0.25, 0.3) is 0 Å². The molecule has 1 fully saturated rings. The molecule has 1 aliphatic heterocycles. The van der Waals surface area contributed by atoms with Crippen LogP contribution in [0.1, 0.15) is 17.5 Å². The van der Waals surface area contributed by atoms with Crippen molar-refractivity contribution >= 4 is 27.5 Å². The van der Waals surface area contributed by atoms with Gasteiger partial charge in [-0.1, -0.05) is 48.5 Å². The summed E-state index contributed by atoms with van der Waals surface area (Å²) in [5.41, 5.74) is 2.25. The molecule has 2 aromatic rings. The molecule has 0 spiro atoms. The highest BCUT2D eigenvalue weighted by Crippen LogP contribution is 2.20. The Kier molecular flexibility index (Phi) is 6.53. The average molecular weight is 416 g/mol. The van der Waals surface area contributed by atoms with Crippen molar-refractivity contribution in [3.05, 3.63) is 65.7 Å². The van der Waals surface area contributed by atoms with E-state index in [1.165, 1.54) is 0 Å². The molecule has 1 unspecified atom stereocenters. The van der Waals surface area contributed by atoms with Gasteiger partial charge in [0.05, 0.1) is 17.9 Å². The molecule has 0 radical (unpaired) electrons. The van der Waals surface area contributed by atoms with Gasteiger partial charge in [-0.2, -0.15) is 0 Å². The van der Waals surface area contributed by atoms with Gasteiger partial charge in [-0.05, 0) is 23.6 Å². The number of hydrogen-bond acceptors (Lipinski definition) is 4. The second-order valence-electron chi connectivity index (χ2n) is 7.23. The summed E-state index contributed by atoms with van der Waals surface area (Å²) in [7, 11) is -3.41. The van der Waals surface area contributed by atoms with Crippen molar-refractivity contribution in [1.82, 2.24) is 10.2 Å². The number of anilines is 1. The van der Waals surface area contributed by atoms with E-state index < -0.39 is 15.9 Å². The molecule has 1 aliphatic rings. The minimum Gasteiger partial charge on any atom is -0.352 e. The zero-order valence-electron chi connectivity index (χ0n) is 16.3. The average Bonchev–Trinajstić information content (AvgIpc) is 3.06. The number of carbonyl (C=O) groups excluding carboxylic acids is 2. The van der Waals surface area contributed by atoms with E-state index >= 15 is 0 Å². The Labute approximate surface area is 171 Å². The predicted octanol–water partition coefficient (Wildman–Crippen LogP) is 1.77. The smallest absolute Gasteiger partial charge is 0.229 e. The first-order chi connectivity index (χ1) is 13.8. The van der Waals surface area contributed by atoms with Crippen LogP contribution in [0.2, 0.25) is 0 Å². The first-order valence-electron chi connectivity index (χ1n) is 9.47. The molecular formula is C21H25N3O4S. The largest absolute Gasteiger partial charge is 0.352 e. The van der Waals surface area contributed by atoms with Crippen LogP contribution in [0, 0.1) is 5.92 Å². The first kappa shape index (κ1) is 20.9. The predicted molar refractivity (Wildman–Crippen MR) is 112 cm³/mol. The molecule has 1 saturated heterocycles. The molecule has 154 valence electrons. The molecule has 0 bridgehead atoms. The molecule has 8 heteroatoms. The number of nitrogens with one attached hydrogen (secondary N) is 2. The molecule has 29 heavy (non-hydrogen) atoms. The summed E-state index contributed by atoms with van der Waals surface area (Å²) in [5, 5.41) is 2.83. The number of para-hydroxylation sites is 1. The Hall–Kier alpha value is -2.87. The summed E-state index contributed by atoms with van der Waals surface area (Å²) in [4.78, 5) is 26.5. The number of likely N-dealkylation sites (tertiary alicyclic amines) is 1. The van der Waals surface area contributed by atoms with Crippen LogP contribution in [-0.2, 0) is 32.6 Å². The molecule has 2 N–H and O–H groups in total. The maximum absolute atomic E-state index is 12.6. The Morgan fingerprint density at radius 1 is 1.10 bits per heavy atom. The zero-order chi connectivity index (χ0) is 20.9. The van der Waals surface area contributed by atoms with Gasteiger partial charge in [0.2, 0.25) is 21.8 Å². The highest BCUT2D eigenvalue weighted by atomic mass is 32.2. The van der Waals surface area contributed by atoms with Gasteiger partial charge in [0.15, 0.2) is 0 Å². The fourth-order valence-corrected chi connectivity index (χ4v) is 3.97. The van der Waals surface area contributed by atoms with E-state index in [1.54, 1.807) is 29.2 Å². The van der Waals surface area contributed by atoms with Crippen LogP contribution < -0.4 is 10.0 Å². The van der Waals surface area contributed by atoms with Crippen molar-refractivity contribution in [2.24, 2.45) is 5.92 Å². The van der Waals surface area contributed by atoms with Crippen LogP contribution in [0.3, 0.4) is 0 Å². The van der Waals surface area contributed by atoms with E-state index in [4.69, 9.17) is 0 Å². The van der Waals surface area contributed by atoms with Crippen LogP contribution in [0.4, 0.5) is 5.69 Å². The van der Waals surface area contributed by atoms with Gasteiger partial charge >= 0.3 is 0 Å². The van der Waals surface area contributed by atoms with E-state index in [9.17, 15) is 18.0 Å². The number of amides is 2.